The molecule has 2 aromatic rings. The highest BCUT2D eigenvalue weighted by Gasteiger charge is 2.19. The molecule has 0 saturated heterocycles. The van der Waals surface area contributed by atoms with E-state index in [-0.39, 0.29) is 6.29 Å². The molecule has 1 aliphatic heterocycles. The van der Waals surface area contributed by atoms with Crippen molar-refractivity contribution in [2.75, 3.05) is 0 Å². The van der Waals surface area contributed by atoms with Crippen molar-refractivity contribution in [2.24, 2.45) is 0 Å². The van der Waals surface area contributed by atoms with Crippen molar-refractivity contribution < 1.29 is 9.47 Å². The second-order valence-electron chi connectivity index (χ2n) is 4.00. The second kappa shape index (κ2) is 5.49. The van der Waals surface area contributed by atoms with Crippen LogP contribution < -0.4 is 0 Å². The molecule has 0 radical (unpaired) electrons. The van der Waals surface area contributed by atoms with Gasteiger partial charge in [-0.05, 0) is 31.2 Å². The summed E-state index contributed by atoms with van der Waals surface area (Å²) in [7, 11) is 0. The minimum Gasteiger partial charge on any atom is -0.454 e. The van der Waals surface area contributed by atoms with Crippen LogP contribution in [0.4, 0.5) is 0 Å². The molecule has 0 spiro atoms. The molecule has 5 heteroatoms. The molecule has 2 nitrogen and oxygen atoms in total. The number of halogens is 1. The van der Waals surface area contributed by atoms with Gasteiger partial charge in [0.25, 0.3) is 6.29 Å². The summed E-state index contributed by atoms with van der Waals surface area (Å²) in [6.07, 6.45) is 2.85. The molecule has 0 amide bonds. The Balaban J connectivity index is 1.81. The van der Waals surface area contributed by atoms with Gasteiger partial charge in [0.15, 0.2) is 0 Å². The van der Waals surface area contributed by atoms with Crippen LogP contribution in [-0.2, 0) is 9.47 Å². The van der Waals surface area contributed by atoms with E-state index in [2.05, 4.69) is 19.1 Å². The van der Waals surface area contributed by atoms with Crippen LogP contribution in [0.25, 0.3) is 0 Å². The predicted molar refractivity (Wildman–Crippen MR) is 78.7 cm³/mol. The Hall–Kier alpha value is -1.10. The van der Waals surface area contributed by atoms with E-state index >= 15 is 0 Å². The predicted octanol–water partition coefficient (Wildman–Crippen LogP) is 5.38. The maximum atomic E-state index is 6.00. The topological polar surface area (TPSA) is 18.5 Å². The minimum atomic E-state index is -0.294. The average molecular weight is 311 g/mol. The summed E-state index contributed by atoms with van der Waals surface area (Å²) < 4.78 is 10.7. The van der Waals surface area contributed by atoms with Gasteiger partial charge in [0.1, 0.15) is 12.5 Å². The summed E-state index contributed by atoms with van der Waals surface area (Å²) in [6.45, 7) is 2.10. The first-order valence-electron chi connectivity index (χ1n) is 5.72. The third-order valence-electron chi connectivity index (χ3n) is 2.61. The largest absolute Gasteiger partial charge is 0.454 e. The number of thiophene rings is 1. The fourth-order valence-corrected chi connectivity index (χ4v) is 4.13. The molecule has 3 rings (SSSR count). The number of hydrogen-bond donors (Lipinski definition) is 0. The van der Waals surface area contributed by atoms with E-state index in [1.807, 2.05) is 18.2 Å². The summed E-state index contributed by atoms with van der Waals surface area (Å²) in [6, 6.07) is 9.97. The van der Waals surface area contributed by atoms with Gasteiger partial charge in [-0.15, -0.1) is 11.3 Å². The molecular formula is C14H11ClO2S2. The van der Waals surface area contributed by atoms with Crippen molar-refractivity contribution in [2.45, 2.75) is 23.0 Å². The van der Waals surface area contributed by atoms with Crippen LogP contribution in [0.3, 0.4) is 0 Å². The molecule has 0 N–H and O–H groups in total. The Morgan fingerprint density at radius 3 is 2.74 bits per heavy atom. The van der Waals surface area contributed by atoms with Crippen molar-refractivity contribution >= 4 is 34.7 Å². The molecule has 0 saturated carbocycles. The van der Waals surface area contributed by atoms with Gasteiger partial charge < -0.3 is 9.47 Å². The first kappa shape index (κ1) is 12.9. The minimum absolute atomic E-state index is 0.294. The van der Waals surface area contributed by atoms with Crippen LogP contribution in [0, 0.1) is 6.92 Å². The van der Waals surface area contributed by atoms with E-state index in [1.165, 1.54) is 9.77 Å². The van der Waals surface area contributed by atoms with E-state index in [1.54, 1.807) is 35.6 Å². The Kier molecular flexibility index (Phi) is 3.73. The molecule has 1 aromatic carbocycles. The molecule has 1 aliphatic rings. The second-order valence-corrected chi connectivity index (χ2v) is 6.84. The zero-order valence-corrected chi connectivity index (χ0v) is 12.5. The van der Waals surface area contributed by atoms with Crippen LogP contribution in [0.5, 0.6) is 0 Å². The highest BCUT2D eigenvalue weighted by molar-refractivity contribution is 7.99. The zero-order valence-electron chi connectivity index (χ0n) is 10.1. The molecule has 1 aromatic heterocycles. The van der Waals surface area contributed by atoms with Gasteiger partial charge in [0.05, 0.1) is 4.88 Å². The van der Waals surface area contributed by atoms with Gasteiger partial charge in [0, 0.05) is 19.7 Å². The molecule has 0 aliphatic carbocycles. The lowest BCUT2D eigenvalue weighted by atomic mass is 10.4. The average Bonchev–Trinajstić information content (AvgIpc) is 3.00. The highest BCUT2D eigenvalue weighted by atomic mass is 35.5. The highest BCUT2D eigenvalue weighted by Crippen LogP contribution is 2.39. The fraction of sp³-hybridized carbons (Fsp3) is 0.143. The van der Waals surface area contributed by atoms with Crippen molar-refractivity contribution in [3.05, 3.63) is 57.6 Å². The van der Waals surface area contributed by atoms with Gasteiger partial charge in [-0.1, -0.05) is 29.4 Å². The number of hydrogen-bond acceptors (Lipinski definition) is 4. The van der Waals surface area contributed by atoms with Crippen molar-refractivity contribution in [1.82, 2.24) is 0 Å². The van der Waals surface area contributed by atoms with Crippen molar-refractivity contribution in [3.8, 4) is 0 Å². The number of aryl methyl sites for hydroxylation is 1. The van der Waals surface area contributed by atoms with Gasteiger partial charge in [-0.25, -0.2) is 0 Å². The van der Waals surface area contributed by atoms with Crippen LogP contribution in [0.15, 0.2) is 52.6 Å². The quantitative estimate of drug-likeness (QED) is 0.758. The summed E-state index contributed by atoms with van der Waals surface area (Å²) >= 11 is 9.39. The third kappa shape index (κ3) is 2.91. The lowest BCUT2D eigenvalue weighted by Crippen LogP contribution is -1.93. The Labute approximate surface area is 125 Å². The van der Waals surface area contributed by atoms with Crippen LogP contribution in [0.1, 0.15) is 16.0 Å². The van der Waals surface area contributed by atoms with E-state index in [0.717, 1.165) is 14.8 Å². The number of benzene rings is 1. The van der Waals surface area contributed by atoms with Gasteiger partial charge in [-0.2, -0.15) is 0 Å². The van der Waals surface area contributed by atoms with E-state index in [0.29, 0.717) is 0 Å². The van der Waals surface area contributed by atoms with Crippen molar-refractivity contribution in [3.63, 3.8) is 0 Å². The Bertz CT molecular complexity index is 614. The Morgan fingerprint density at radius 1 is 1.21 bits per heavy atom. The summed E-state index contributed by atoms with van der Waals surface area (Å²) in [5.41, 5.74) is 0. The molecular weight excluding hydrogens is 300 g/mol. The number of rotatable bonds is 3. The van der Waals surface area contributed by atoms with Gasteiger partial charge >= 0.3 is 0 Å². The zero-order chi connectivity index (χ0) is 13.2. The SMILES string of the molecule is Cc1sc(C2OC=CO2)cc1Sc1cccc(Cl)c1. The molecule has 0 bridgehead atoms. The maximum absolute atomic E-state index is 6.00. The van der Waals surface area contributed by atoms with Crippen LogP contribution in [0.2, 0.25) is 5.02 Å². The molecule has 0 unspecified atom stereocenters. The van der Waals surface area contributed by atoms with Gasteiger partial charge in [-0.3, -0.25) is 0 Å². The summed E-state index contributed by atoms with van der Waals surface area (Å²) in [5, 5.41) is 0.754. The van der Waals surface area contributed by atoms with Gasteiger partial charge in [0.2, 0.25) is 0 Å². The lowest BCUT2D eigenvalue weighted by Gasteiger charge is -2.06. The van der Waals surface area contributed by atoms with Crippen LogP contribution >= 0.6 is 34.7 Å². The first-order valence-corrected chi connectivity index (χ1v) is 7.73. The van der Waals surface area contributed by atoms with Crippen LogP contribution in [-0.4, -0.2) is 0 Å². The normalized spacial score (nSPS) is 14.4. The van der Waals surface area contributed by atoms with E-state index < -0.39 is 0 Å². The number of ether oxygens (including phenoxy) is 2. The fourth-order valence-electron chi connectivity index (χ4n) is 1.74. The monoisotopic (exact) mass is 310 g/mol. The molecule has 0 fully saturated rings. The molecule has 98 valence electrons. The molecule has 2 heterocycles. The smallest absolute Gasteiger partial charge is 0.275 e. The summed E-state index contributed by atoms with van der Waals surface area (Å²) in [4.78, 5) is 4.67. The standard InChI is InChI=1S/C14H11ClO2S2/c1-9-12(19-11-4-2-3-10(15)7-11)8-13(18-9)14-16-5-6-17-14/h2-8,14H,1H3. The molecule has 19 heavy (non-hydrogen) atoms. The third-order valence-corrected chi connectivity index (χ3v) is 5.18. The first-order chi connectivity index (χ1) is 9.22. The maximum Gasteiger partial charge on any atom is 0.275 e. The summed E-state index contributed by atoms with van der Waals surface area (Å²) in [5.74, 6) is 0. The van der Waals surface area contributed by atoms with E-state index in [4.69, 9.17) is 21.1 Å². The van der Waals surface area contributed by atoms with Crippen molar-refractivity contribution in [1.29, 1.82) is 0 Å². The van der Waals surface area contributed by atoms with E-state index in [9.17, 15) is 0 Å². The molecule has 0 atom stereocenters. The Morgan fingerprint density at radius 2 is 2.00 bits per heavy atom. The lowest BCUT2D eigenvalue weighted by molar-refractivity contribution is -0.0217.